The third-order valence-electron chi connectivity index (χ3n) is 3.44. The predicted molar refractivity (Wildman–Crippen MR) is 62.4 cm³/mol. The highest BCUT2D eigenvalue weighted by atomic mass is 79.9. The van der Waals surface area contributed by atoms with E-state index < -0.39 is 0 Å². The number of hydrogen-bond donors (Lipinski definition) is 0. The fourth-order valence-corrected chi connectivity index (χ4v) is 3.90. The first kappa shape index (κ1) is 10.00. The van der Waals surface area contributed by atoms with Crippen molar-refractivity contribution >= 4 is 33.0 Å². The van der Waals surface area contributed by atoms with E-state index in [1.165, 1.54) is 0 Å². The van der Waals surface area contributed by atoms with Crippen molar-refractivity contribution in [2.75, 3.05) is 13.2 Å². The molecule has 1 aromatic heterocycles. The average molecular weight is 287 g/mol. The van der Waals surface area contributed by atoms with Crippen LogP contribution in [0, 0.1) is 18.3 Å². The second-order valence-corrected chi connectivity index (χ2v) is 6.84. The van der Waals surface area contributed by atoms with Crippen LogP contribution in [0.4, 0.5) is 0 Å². The molecular weight excluding hydrogens is 276 g/mol. The van der Waals surface area contributed by atoms with E-state index in [1.807, 2.05) is 13.0 Å². The van der Waals surface area contributed by atoms with Crippen LogP contribution >= 0.6 is 27.3 Å². The maximum atomic E-state index is 12.3. The summed E-state index contributed by atoms with van der Waals surface area (Å²) >= 11 is 5.01. The Hall–Kier alpha value is -0.190. The molecule has 1 saturated carbocycles. The summed E-state index contributed by atoms with van der Waals surface area (Å²) in [6.45, 7) is 3.42. The molecule has 3 rings (SSSR count). The van der Waals surface area contributed by atoms with E-state index in [2.05, 4.69) is 15.9 Å². The summed E-state index contributed by atoms with van der Waals surface area (Å²) in [5, 5.41) is 0. The molecule has 2 nitrogen and oxygen atoms in total. The Morgan fingerprint density at radius 3 is 3.00 bits per heavy atom. The summed E-state index contributed by atoms with van der Waals surface area (Å²) in [7, 11) is 0. The highest BCUT2D eigenvalue weighted by molar-refractivity contribution is 9.11. The van der Waals surface area contributed by atoms with Gasteiger partial charge in [0.1, 0.15) is 0 Å². The Morgan fingerprint density at radius 2 is 2.53 bits per heavy atom. The van der Waals surface area contributed by atoms with E-state index in [1.54, 1.807) is 11.3 Å². The Labute approximate surface area is 101 Å². The molecule has 0 bridgehead atoms. The number of carbonyl (C=O) groups is 1. The summed E-state index contributed by atoms with van der Waals surface area (Å²) in [5.74, 6) is 0.787. The predicted octanol–water partition coefficient (Wildman–Crippen LogP) is 3.04. The number of halogens is 1. The van der Waals surface area contributed by atoms with Crippen LogP contribution in [0.2, 0.25) is 0 Å². The SMILES string of the molecule is Cc1cc(C(=O)C23COCC2C3)sc1Br. The number of ether oxygens (including phenoxy) is 1. The van der Waals surface area contributed by atoms with Crippen LogP contribution in [-0.2, 0) is 4.74 Å². The van der Waals surface area contributed by atoms with E-state index in [0.717, 1.165) is 27.3 Å². The third-order valence-corrected chi connectivity index (χ3v) is 5.58. The minimum absolute atomic E-state index is 0.142. The van der Waals surface area contributed by atoms with Crippen LogP contribution in [0.5, 0.6) is 0 Å². The topological polar surface area (TPSA) is 26.3 Å². The average Bonchev–Trinajstić information content (AvgIpc) is 2.60. The Morgan fingerprint density at radius 1 is 1.73 bits per heavy atom. The fourth-order valence-electron chi connectivity index (χ4n) is 2.32. The summed E-state index contributed by atoms with van der Waals surface area (Å²) in [4.78, 5) is 13.2. The molecule has 0 aromatic carbocycles. The molecule has 80 valence electrons. The minimum Gasteiger partial charge on any atom is -0.380 e. The normalized spacial score (nSPS) is 32.8. The Kier molecular flexibility index (Phi) is 2.10. The van der Waals surface area contributed by atoms with Gasteiger partial charge in [0, 0.05) is 0 Å². The summed E-state index contributed by atoms with van der Waals surface area (Å²) in [6.07, 6.45) is 1.03. The van der Waals surface area contributed by atoms with Gasteiger partial charge in [0.05, 0.1) is 27.3 Å². The van der Waals surface area contributed by atoms with Gasteiger partial charge in [0.2, 0.25) is 0 Å². The summed E-state index contributed by atoms with van der Waals surface area (Å²) < 4.78 is 6.43. The van der Waals surface area contributed by atoms with E-state index in [4.69, 9.17) is 4.74 Å². The van der Waals surface area contributed by atoms with Crippen LogP contribution in [0.25, 0.3) is 0 Å². The maximum Gasteiger partial charge on any atom is 0.181 e. The van der Waals surface area contributed by atoms with Gasteiger partial charge in [-0.05, 0) is 46.8 Å². The van der Waals surface area contributed by atoms with Crippen molar-refractivity contribution in [2.45, 2.75) is 13.3 Å². The van der Waals surface area contributed by atoms with Crippen molar-refractivity contribution < 1.29 is 9.53 Å². The number of Topliss-reactive ketones (excluding diaryl/α,β-unsaturated/α-hetero) is 1. The highest BCUT2D eigenvalue weighted by Gasteiger charge is 2.63. The quantitative estimate of drug-likeness (QED) is 0.781. The van der Waals surface area contributed by atoms with Gasteiger partial charge in [-0.15, -0.1) is 11.3 Å². The van der Waals surface area contributed by atoms with Crippen LogP contribution in [0.3, 0.4) is 0 Å². The number of rotatable bonds is 2. The molecule has 1 aliphatic carbocycles. The van der Waals surface area contributed by atoms with Gasteiger partial charge in [0.15, 0.2) is 5.78 Å². The second kappa shape index (κ2) is 3.15. The number of carbonyl (C=O) groups excluding carboxylic acids is 1. The van der Waals surface area contributed by atoms with Gasteiger partial charge in [0.25, 0.3) is 0 Å². The number of ketones is 1. The zero-order chi connectivity index (χ0) is 10.6. The zero-order valence-electron chi connectivity index (χ0n) is 8.38. The zero-order valence-corrected chi connectivity index (χ0v) is 10.8. The van der Waals surface area contributed by atoms with Crippen molar-refractivity contribution in [3.05, 3.63) is 20.3 Å². The molecule has 2 unspecified atom stereocenters. The van der Waals surface area contributed by atoms with Gasteiger partial charge >= 0.3 is 0 Å². The van der Waals surface area contributed by atoms with E-state index >= 15 is 0 Å². The van der Waals surface area contributed by atoms with Gasteiger partial charge in [-0.1, -0.05) is 0 Å². The molecule has 2 atom stereocenters. The molecule has 4 heteroatoms. The molecule has 2 aliphatic rings. The molecule has 1 aromatic rings. The molecule has 0 N–H and O–H groups in total. The van der Waals surface area contributed by atoms with Crippen LogP contribution in [0.15, 0.2) is 9.85 Å². The van der Waals surface area contributed by atoms with Crippen molar-refractivity contribution in [3.63, 3.8) is 0 Å². The van der Waals surface area contributed by atoms with E-state index in [-0.39, 0.29) is 5.41 Å². The molecule has 0 spiro atoms. The first-order chi connectivity index (χ1) is 7.13. The van der Waals surface area contributed by atoms with Crippen molar-refractivity contribution in [1.29, 1.82) is 0 Å². The standard InChI is InChI=1S/C11H11BrO2S/c1-6-2-8(15-10(6)12)9(13)11-3-7(11)4-14-5-11/h2,7H,3-5H2,1H3. The lowest BCUT2D eigenvalue weighted by Gasteiger charge is -2.06. The van der Waals surface area contributed by atoms with Gasteiger partial charge < -0.3 is 4.74 Å². The smallest absolute Gasteiger partial charge is 0.181 e. The van der Waals surface area contributed by atoms with Crippen LogP contribution in [0.1, 0.15) is 21.7 Å². The molecule has 1 saturated heterocycles. The van der Waals surface area contributed by atoms with Crippen LogP contribution < -0.4 is 0 Å². The summed E-state index contributed by atoms with van der Waals surface area (Å²) in [6, 6.07) is 1.99. The van der Waals surface area contributed by atoms with Gasteiger partial charge in [-0.3, -0.25) is 4.79 Å². The number of aryl methyl sites for hydroxylation is 1. The largest absolute Gasteiger partial charge is 0.380 e. The number of hydrogen-bond acceptors (Lipinski definition) is 3. The fraction of sp³-hybridized carbons (Fsp3) is 0.545. The lowest BCUT2D eigenvalue weighted by Crippen LogP contribution is -2.18. The third kappa shape index (κ3) is 1.35. The molecular formula is C11H11BrO2S. The maximum absolute atomic E-state index is 12.3. The van der Waals surface area contributed by atoms with Crippen molar-refractivity contribution in [2.24, 2.45) is 11.3 Å². The lowest BCUT2D eigenvalue weighted by atomic mass is 9.99. The Bertz CT molecular complexity index is 420. The molecule has 1 aliphatic heterocycles. The highest BCUT2D eigenvalue weighted by Crippen LogP contribution is 2.59. The van der Waals surface area contributed by atoms with Gasteiger partial charge in [-0.25, -0.2) is 0 Å². The number of fused-ring (bicyclic) bond motifs is 1. The molecule has 2 heterocycles. The first-order valence-electron chi connectivity index (χ1n) is 5.02. The minimum atomic E-state index is -0.142. The summed E-state index contributed by atoms with van der Waals surface area (Å²) in [5.41, 5.74) is 1.01. The monoisotopic (exact) mass is 286 g/mol. The molecule has 2 fully saturated rings. The first-order valence-corrected chi connectivity index (χ1v) is 6.63. The molecule has 0 radical (unpaired) electrons. The second-order valence-electron chi connectivity index (χ2n) is 4.47. The van der Waals surface area contributed by atoms with Crippen LogP contribution in [-0.4, -0.2) is 19.0 Å². The van der Waals surface area contributed by atoms with E-state index in [9.17, 15) is 4.79 Å². The molecule has 15 heavy (non-hydrogen) atoms. The van der Waals surface area contributed by atoms with Crippen molar-refractivity contribution in [1.82, 2.24) is 0 Å². The van der Waals surface area contributed by atoms with Gasteiger partial charge in [-0.2, -0.15) is 0 Å². The molecule has 0 amide bonds. The lowest BCUT2D eigenvalue weighted by molar-refractivity contribution is 0.0833. The number of thiophene rings is 1. The van der Waals surface area contributed by atoms with Crippen molar-refractivity contribution in [3.8, 4) is 0 Å². The Balaban J connectivity index is 1.92. The van der Waals surface area contributed by atoms with E-state index in [0.29, 0.717) is 18.3 Å².